The zero-order valence-electron chi connectivity index (χ0n) is 7.50. The Balaban J connectivity index is 3.05. The Hall–Kier alpha value is -1.55. The second kappa shape index (κ2) is 3.91. The number of nitrogens with one attached hydrogen (secondary N) is 1. The predicted molar refractivity (Wildman–Crippen MR) is 52.3 cm³/mol. The average Bonchev–Trinajstić information content (AvgIpc) is 2.03. The summed E-state index contributed by atoms with van der Waals surface area (Å²) in [6, 6.07) is 4.99. The number of rotatable bonds is 2. The third kappa shape index (κ3) is 2.19. The lowest BCUT2D eigenvalue weighted by molar-refractivity contribution is 0.259. The molecule has 0 aliphatic carbocycles. The first kappa shape index (κ1) is 9.54. The van der Waals surface area contributed by atoms with Gasteiger partial charge in [-0.2, -0.15) is 0 Å². The number of benzene rings is 1. The first-order valence-corrected chi connectivity index (χ1v) is 4.00. The number of hydrogen-bond acceptors (Lipinski definition) is 2. The molecule has 0 bridgehead atoms. The van der Waals surface area contributed by atoms with Gasteiger partial charge in [0, 0.05) is 12.2 Å². The summed E-state index contributed by atoms with van der Waals surface area (Å²) in [5, 5.41) is 2.52. The molecular weight excluding hydrogens is 166 g/mol. The van der Waals surface area contributed by atoms with Gasteiger partial charge < -0.3 is 16.8 Å². The van der Waals surface area contributed by atoms with Crippen LogP contribution in [0, 0.1) is 6.92 Å². The third-order valence-electron chi connectivity index (χ3n) is 1.87. The topological polar surface area (TPSA) is 81.1 Å². The monoisotopic (exact) mass is 179 g/mol. The fraction of sp³-hybridized carbons (Fsp3) is 0.222. The van der Waals surface area contributed by atoms with E-state index in [-0.39, 0.29) is 0 Å². The number of primary amides is 1. The molecule has 0 fully saturated rings. The maximum Gasteiger partial charge on any atom is 0.316 e. The zero-order valence-corrected chi connectivity index (χ0v) is 7.50. The van der Waals surface area contributed by atoms with Crippen molar-refractivity contribution in [1.82, 2.24) is 0 Å². The molecule has 4 heteroatoms. The Morgan fingerprint density at radius 2 is 2.23 bits per heavy atom. The Labute approximate surface area is 76.9 Å². The predicted octanol–water partition coefficient (Wildman–Crippen LogP) is 0.944. The summed E-state index contributed by atoms with van der Waals surface area (Å²) in [4.78, 5) is 10.6. The highest BCUT2D eigenvalue weighted by molar-refractivity contribution is 5.88. The van der Waals surface area contributed by atoms with Crippen molar-refractivity contribution in [1.29, 1.82) is 0 Å². The largest absolute Gasteiger partial charge is 0.351 e. The highest BCUT2D eigenvalue weighted by Gasteiger charge is 2.04. The Bertz CT molecular complexity index is 323. The van der Waals surface area contributed by atoms with E-state index in [1.165, 1.54) is 0 Å². The Kier molecular flexibility index (Phi) is 2.87. The molecule has 0 heterocycles. The Morgan fingerprint density at radius 3 is 2.77 bits per heavy atom. The van der Waals surface area contributed by atoms with E-state index in [0.29, 0.717) is 12.2 Å². The molecule has 0 aliphatic rings. The summed E-state index contributed by atoms with van der Waals surface area (Å²) in [7, 11) is 0. The van der Waals surface area contributed by atoms with Crippen LogP contribution in [0.3, 0.4) is 0 Å². The van der Waals surface area contributed by atoms with Crippen LogP contribution in [0.5, 0.6) is 0 Å². The number of nitrogens with two attached hydrogens (primary N) is 2. The molecule has 0 saturated carbocycles. The van der Waals surface area contributed by atoms with Crippen LogP contribution >= 0.6 is 0 Å². The second-order valence-corrected chi connectivity index (χ2v) is 2.79. The lowest BCUT2D eigenvalue weighted by Gasteiger charge is -2.10. The summed E-state index contributed by atoms with van der Waals surface area (Å²) in [6.45, 7) is 2.33. The minimum atomic E-state index is -0.569. The van der Waals surface area contributed by atoms with Gasteiger partial charge in [-0.25, -0.2) is 4.79 Å². The molecule has 0 radical (unpaired) electrons. The van der Waals surface area contributed by atoms with Gasteiger partial charge in [0.2, 0.25) is 0 Å². The minimum absolute atomic E-state index is 0.391. The van der Waals surface area contributed by atoms with Gasteiger partial charge in [0.15, 0.2) is 0 Å². The quantitative estimate of drug-likeness (QED) is 0.631. The van der Waals surface area contributed by atoms with E-state index >= 15 is 0 Å². The van der Waals surface area contributed by atoms with E-state index in [0.717, 1.165) is 11.1 Å². The molecule has 0 spiro atoms. The van der Waals surface area contributed by atoms with Crippen LogP contribution in [0.1, 0.15) is 11.1 Å². The molecule has 5 N–H and O–H groups in total. The van der Waals surface area contributed by atoms with Crippen LogP contribution in [0.4, 0.5) is 10.5 Å². The highest BCUT2D eigenvalue weighted by Crippen LogP contribution is 2.18. The molecule has 13 heavy (non-hydrogen) atoms. The number of anilines is 1. The fourth-order valence-corrected chi connectivity index (χ4v) is 1.22. The van der Waals surface area contributed by atoms with E-state index in [1.807, 2.05) is 19.1 Å². The molecule has 1 aromatic rings. The highest BCUT2D eigenvalue weighted by atomic mass is 16.2. The first-order chi connectivity index (χ1) is 6.15. The van der Waals surface area contributed by atoms with Crippen LogP contribution in [0.2, 0.25) is 0 Å². The Morgan fingerprint density at radius 1 is 1.54 bits per heavy atom. The van der Waals surface area contributed by atoms with E-state index < -0.39 is 6.03 Å². The second-order valence-electron chi connectivity index (χ2n) is 2.79. The van der Waals surface area contributed by atoms with Gasteiger partial charge >= 0.3 is 6.03 Å². The summed E-state index contributed by atoms with van der Waals surface area (Å²) < 4.78 is 0. The smallest absolute Gasteiger partial charge is 0.316 e. The van der Waals surface area contributed by atoms with Crippen molar-refractivity contribution in [2.24, 2.45) is 11.5 Å². The fourth-order valence-electron chi connectivity index (χ4n) is 1.22. The van der Waals surface area contributed by atoms with Gasteiger partial charge in [0.25, 0.3) is 0 Å². The van der Waals surface area contributed by atoms with E-state index in [2.05, 4.69) is 5.32 Å². The summed E-state index contributed by atoms with van der Waals surface area (Å²) >= 11 is 0. The molecular formula is C9H13N3O. The number of hydrogen-bond donors (Lipinski definition) is 3. The van der Waals surface area contributed by atoms with Crippen molar-refractivity contribution >= 4 is 11.7 Å². The van der Waals surface area contributed by atoms with Crippen LogP contribution in [0.25, 0.3) is 0 Å². The summed E-state index contributed by atoms with van der Waals surface area (Å²) in [6.07, 6.45) is 0. The van der Waals surface area contributed by atoms with Crippen LogP contribution in [-0.4, -0.2) is 6.03 Å². The molecule has 0 aliphatic heterocycles. The number of aryl methyl sites for hydroxylation is 1. The lowest BCUT2D eigenvalue weighted by Crippen LogP contribution is -2.21. The van der Waals surface area contributed by atoms with Gasteiger partial charge in [-0.3, -0.25) is 0 Å². The van der Waals surface area contributed by atoms with Gasteiger partial charge in [-0.05, 0) is 24.1 Å². The van der Waals surface area contributed by atoms with Crippen molar-refractivity contribution in [3.05, 3.63) is 29.3 Å². The molecule has 4 nitrogen and oxygen atoms in total. The number of amides is 2. The van der Waals surface area contributed by atoms with Gasteiger partial charge in [-0.1, -0.05) is 12.1 Å². The molecule has 1 rings (SSSR count). The minimum Gasteiger partial charge on any atom is -0.351 e. The molecule has 0 aromatic heterocycles. The van der Waals surface area contributed by atoms with Crippen molar-refractivity contribution < 1.29 is 4.79 Å². The molecule has 0 atom stereocenters. The first-order valence-electron chi connectivity index (χ1n) is 4.00. The molecule has 2 amide bonds. The van der Waals surface area contributed by atoms with E-state index in [4.69, 9.17) is 11.5 Å². The van der Waals surface area contributed by atoms with Crippen LogP contribution in [-0.2, 0) is 6.54 Å². The van der Waals surface area contributed by atoms with Crippen molar-refractivity contribution in [2.75, 3.05) is 5.32 Å². The van der Waals surface area contributed by atoms with E-state index in [9.17, 15) is 4.79 Å². The molecule has 70 valence electrons. The van der Waals surface area contributed by atoms with Crippen LogP contribution < -0.4 is 16.8 Å². The van der Waals surface area contributed by atoms with Crippen LogP contribution in [0.15, 0.2) is 18.2 Å². The van der Waals surface area contributed by atoms with Crippen molar-refractivity contribution in [3.8, 4) is 0 Å². The van der Waals surface area contributed by atoms with Gasteiger partial charge in [0.1, 0.15) is 0 Å². The van der Waals surface area contributed by atoms with Gasteiger partial charge in [0.05, 0.1) is 0 Å². The van der Waals surface area contributed by atoms with Crippen molar-refractivity contribution in [3.63, 3.8) is 0 Å². The molecule has 0 saturated heterocycles. The standard InChI is InChI=1S/C9H13N3O/c1-6-3-2-4-8(7(6)5-10)12-9(11)13/h2-4H,5,10H2,1H3,(H3,11,12,13). The SMILES string of the molecule is Cc1cccc(NC(N)=O)c1CN. The molecule has 0 unspecified atom stereocenters. The average molecular weight is 179 g/mol. The normalized spacial score (nSPS) is 9.69. The third-order valence-corrected chi connectivity index (χ3v) is 1.87. The van der Waals surface area contributed by atoms with Gasteiger partial charge in [-0.15, -0.1) is 0 Å². The van der Waals surface area contributed by atoms with Crippen molar-refractivity contribution in [2.45, 2.75) is 13.5 Å². The number of urea groups is 1. The maximum atomic E-state index is 10.6. The molecule has 1 aromatic carbocycles. The zero-order chi connectivity index (χ0) is 9.84. The van der Waals surface area contributed by atoms with E-state index in [1.54, 1.807) is 6.07 Å². The lowest BCUT2D eigenvalue weighted by atomic mass is 10.1. The summed E-state index contributed by atoms with van der Waals surface area (Å²) in [5.74, 6) is 0. The number of carbonyl (C=O) groups is 1. The number of carbonyl (C=O) groups excluding carboxylic acids is 1. The summed E-state index contributed by atoms with van der Waals surface area (Å²) in [5.41, 5.74) is 13.2. The maximum absolute atomic E-state index is 10.6.